The minimum Gasteiger partial charge on any atom is -0.359 e. The Morgan fingerprint density at radius 1 is 1.64 bits per heavy atom. The molecule has 0 fully saturated rings. The summed E-state index contributed by atoms with van der Waals surface area (Å²) in [6.45, 7) is 0. The van der Waals surface area contributed by atoms with Crippen molar-refractivity contribution in [1.82, 2.24) is 5.16 Å². The molecule has 0 amide bonds. The Morgan fingerprint density at radius 3 is 3.09 bits per heavy atom. The fraction of sp³-hybridized carbons (Fsp3) is 0. The van der Waals surface area contributed by atoms with E-state index in [0.717, 1.165) is 4.88 Å². The summed E-state index contributed by atoms with van der Waals surface area (Å²) in [6.07, 6.45) is 1.40. The van der Waals surface area contributed by atoms with E-state index in [1.807, 2.05) is 17.5 Å². The fourth-order valence-electron chi connectivity index (χ4n) is 0.785. The van der Waals surface area contributed by atoms with Crippen LogP contribution < -0.4 is 4.90 Å². The molecule has 56 valence electrons. The molecule has 2 rings (SSSR count). The molecule has 2 aromatic heterocycles. The van der Waals surface area contributed by atoms with Gasteiger partial charge in [0.1, 0.15) is 0 Å². The van der Waals surface area contributed by atoms with Crippen molar-refractivity contribution < 1.29 is 9.53 Å². The van der Waals surface area contributed by atoms with E-state index in [-0.39, 0.29) is 0 Å². The Balaban J connectivity index is 2.53. The van der Waals surface area contributed by atoms with Crippen molar-refractivity contribution in [2.24, 2.45) is 0 Å². The van der Waals surface area contributed by atoms with Gasteiger partial charge in [-0.15, -0.1) is 11.3 Å². The highest BCUT2D eigenvalue weighted by atomic mass is 32.1. The third-order valence-electron chi connectivity index (χ3n) is 1.27. The second-order valence-electron chi connectivity index (χ2n) is 1.94. The molecule has 0 bridgehead atoms. The number of aromatic nitrogens is 2. The molecular formula is C6H4N2O2S. The van der Waals surface area contributed by atoms with Gasteiger partial charge < -0.3 is 5.21 Å². The third kappa shape index (κ3) is 0.988. The maximum absolute atomic E-state index is 10.8. The maximum atomic E-state index is 10.8. The molecule has 0 aliphatic heterocycles. The van der Waals surface area contributed by atoms with Crippen molar-refractivity contribution in [3.63, 3.8) is 0 Å². The molecular weight excluding hydrogens is 164 g/mol. The average molecular weight is 168 g/mol. The van der Waals surface area contributed by atoms with Crippen LogP contribution in [0.5, 0.6) is 0 Å². The summed E-state index contributed by atoms with van der Waals surface area (Å²) in [5.74, 6) is 0. The number of rotatable bonds is 1. The van der Waals surface area contributed by atoms with Crippen LogP contribution in [-0.2, 0) is 0 Å². The molecule has 0 saturated heterocycles. The lowest BCUT2D eigenvalue weighted by atomic mass is 10.4. The van der Waals surface area contributed by atoms with Gasteiger partial charge in [0.05, 0.1) is 4.88 Å². The first kappa shape index (κ1) is 6.36. The highest BCUT2D eigenvalue weighted by molar-refractivity contribution is 7.13. The molecule has 0 aliphatic carbocycles. The van der Waals surface area contributed by atoms with E-state index in [9.17, 15) is 5.21 Å². The van der Waals surface area contributed by atoms with Crippen LogP contribution in [0.25, 0.3) is 10.6 Å². The van der Waals surface area contributed by atoms with Gasteiger partial charge in [-0.1, -0.05) is 6.07 Å². The van der Waals surface area contributed by atoms with Crippen LogP contribution in [0.3, 0.4) is 0 Å². The number of hydrogen-bond acceptors (Lipinski definition) is 4. The van der Waals surface area contributed by atoms with E-state index in [1.165, 1.54) is 17.5 Å². The van der Waals surface area contributed by atoms with Gasteiger partial charge in [-0.05, 0) is 16.3 Å². The van der Waals surface area contributed by atoms with Crippen LogP contribution in [0.2, 0.25) is 0 Å². The molecule has 0 aromatic carbocycles. The van der Waals surface area contributed by atoms with Crippen LogP contribution in [0, 0.1) is 5.21 Å². The molecule has 2 heterocycles. The fourth-order valence-corrected chi connectivity index (χ4v) is 1.49. The van der Waals surface area contributed by atoms with Crippen LogP contribution in [0.1, 0.15) is 0 Å². The highest BCUT2D eigenvalue weighted by Crippen LogP contribution is 2.19. The zero-order valence-electron chi connectivity index (χ0n) is 5.43. The Kier molecular flexibility index (Phi) is 1.36. The first-order chi connectivity index (χ1) is 5.38. The van der Waals surface area contributed by atoms with Crippen LogP contribution in [0.4, 0.5) is 0 Å². The summed E-state index contributed by atoms with van der Waals surface area (Å²) in [6, 6.07) is 3.71. The van der Waals surface area contributed by atoms with E-state index in [1.54, 1.807) is 0 Å². The van der Waals surface area contributed by atoms with Gasteiger partial charge in [-0.25, -0.2) is 0 Å². The zero-order chi connectivity index (χ0) is 7.68. The van der Waals surface area contributed by atoms with Crippen molar-refractivity contribution in [1.29, 1.82) is 0 Å². The monoisotopic (exact) mass is 168 g/mol. The van der Waals surface area contributed by atoms with Crippen molar-refractivity contribution in [2.45, 2.75) is 0 Å². The van der Waals surface area contributed by atoms with Gasteiger partial charge in [0, 0.05) is 5.16 Å². The van der Waals surface area contributed by atoms with Crippen molar-refractivity contribution >= 4 is 11.3 Å². The van der Waals surface area contributed by atoms with Gasteiger partial charge >= 0.3 is 0 Å². The normalized spacial score (nSPS) is 10.2. The van der Waals surface area contributed by atoms with E-state index < -0.39 is 0 Å². The average Bonchev–Trinajstić information content (AvgIpc) is 2.55. The zero-order valence-corrected chi connectivity index (χ0v) is 6.25. The topological polar surface area (TPSA) is 53.0 Å². The van der Waals surface area contributed by atoms with Crippen molar-refractivity contribution in [3.05, 3.63) is 28.9 Å². The summed E-state index contributed by atoms with van der Waals surface area (Å²) >= 11 is 1.47. The predicted octanol–water partition coefficient (Wildman–Crippen LogP) is 1.04. The number of thiophene rings is 1. The molecule has 0 aliphatic rings. The SMILES string of the molecule is [O-][n+]1oncc1-c1cccs1. The smallest absolute Gasteiger partial charge is 0.235 e. The highest BCUT2D eigenvalue weighted by Gasteiger charge is 2.09. The Hall–Kier alpha value is -1.36. The largest absolute Gasteiger partial charge is 0.359 e. The molecule has 0 N–H and O–H groups in total. The van der Waals surface area contributed by atoms with Gasteiger partial charge in [-0.3, -0.25) is 4.63 Å². The lowest BCUT2D eigenvalue weighted by Gasteiger charge is -1.88. The Labute approximate surface area is 66.2 Å². The first-order valence-corrected chi connectivity index (χ1v) is 3.84. The second-order valence-corrected chi connectivity index (χ2v) is 2.88. The summed E-state index contributed by atoms with van der Waals surface area (Å²) in [5, 5.41) is 16.1. The maximum Gasteiger partial charge on any atom is 0.235 e. The van der Waals surface area contributed by atoms with E-state index in [0.29, 0.717) is 10.6 Å². The van der Waals surface area contributed by atoms with Crippen molar-refractivity contribution in [2.75, 3.05) is 0 Å². The van der Waals surface area contributed by atoms with E-state index in [2.05, 4.69) is 9.79 Å². The van der Waals surface area contributed by atoms with E-state index >= 15 is 0 Å². The van der Waals surface area contributed by atoms with Gasteiger partial charge in [-0.2, -0.15) is 0 Å². The van der Waals surface area contributed by atoms with Crippen LogP contribution >= 0.6 is 11.3 Å². The minimum atomic E-state index is 0.395. The first-order valence-electron chi connectivity index (χ1n) is 2.96. The molecule has 5 heteroatoms. The summed E-state index contributed by atoms with van der Waals surface area (Å²) < 4.78 is 4.31. The molecule has 0 radical (unpaired) electrons. The lowest BCUT2D eigenvalue weighted by molar-refractivity contribution is -0.793. The van der Waals surface area contributed by atoms with Gasteiger partial charge in [0.15, 0.2) is 0 Å². The second kappa shape index (κ2) is 2.35. The molecule has 11 heavy (non-hydrogen) atoms. The molecule has 4 nitrogen and oxygen atoms in total. The molecule has 0 saturated carbocycles. The predicted molar refractivity (Wildman–Crippen MR) is 38.8 cm³/mol. The summed E-state index contributed by atoms with van der Waals surface area (Å²) in [5.41, 5.74) is 0.458. The molecule has 2 aromatic rings. The lowest BCUT2D eigenvalue weighted by Crippen LogP contribution is -2.24. The molecule has 0 unspecified atom stereocenters. The molecule has 0 spiro atoms. The Morgan fingerprint density at radius 2 is 2.55 bits per heavy atom. The third-order valence-corrected chi connectivity index (χ3v) is 2.16. The number of hydrogen-bond donors (Lipinski definition) is 0. The van der Waals surface area contributed by atoms with Gasteiger partial charge in [0.2, 0.25) is 11.9 Å². The van der Waals surface area contributed by atoms with Crippen LogP contribution in [0.15, 0.2) is 28.3 Å². The molecule has 0 atom stereocenters. The minimum absolute atomic E-state index is 0.395. The summed E-state index contributed by atoms with van der Waals surface area (Å²) in [4.78, 5) is 1.26. The summed E-state index contributed by atoms with van der Waals surface area (Å²) in [7, 11) is 0. The van der Waals surface area contributed by atoms with Gasteiger partial charge in [0.25, 0.3) is 0 Å². The van der Waals surface area contributed by atoms with E-state index in [4.69, 9.17) is 0 Å². The quantitative estimate of drug-likeness (QED) is 0.598. The number of nitrogens with zero attached hydrogens (tertiary/aromatic N) is 2. The standard InChI is InChI=1S/C6H4N2O2S/c9-8-5(4-7-10-8)6-2-1-3-11-6/h1-4H. The van der Waals surface area contributed by atoms with Crippen molar-refractivity contribution in [3.8, 4) is 10.6 Å². The Bertz CT molecular complexity index is 341. The van der Waals surface area contributed by atoms with Crippen LogP contribution in [-0.4, -0.2) is 5.16 Å².